The zero-order valence-electron chi connectivity index (χ0n) is 13.2. The molecule has 0 radical (unpaired) electrons. The van der Waals surface area contributed by atoms with Crippen LogP contribution in [0.2, 0.25) is 0 Å². The zero-order valence-corrected chi connectivity index (χ0v) is 14.0. The molecule has 0 aliphatic heterocycles. The lowest BCUT2D eigenvalue weighted by Crippen LogP contribution is -2.32. The third-order valence-electron chi connectivity index (χ3n) is 3.62. The predicted octanol–water partition coefficient (Wildman–Crippen LogP) is 3.90. The third kappa shape index (κ3) is 4.20. The monoisotopic (exact) mass is 328 g/mol. The number of carbonyl (C=O) groups excluding carboxylic acids is 1. The second kappa shape index (κ2) is 6.96. The van der Waals surface area contributed by atoms with Crippen LogP contribution in [-0.2, 0) is 6.54 Å². The maximum absolute atomic E-state index is 12.8. The minimum absolute atomic E-state index is 0.0640. The molecule has 1 saturated carbocycles. The Balaban J connectivity index is 1.68. The van der Waals surface area contributed by atoms with Crippen LogP contribution in [0.4, 0.5) is 0 Å². The van der Waals surface area contributed by atoms with Crippen molar-refractivity contribution < 1.29 is 9.53 Å². The molecule has 0 atom stereocenters. The lowest BCUT2D eigenvalue weighted by molar-refractivity contribution is 0.0729. The maximum atomic E-state index is 12.8. The average Bonchev–Trinajstić information content (AvgIpc) is 3.26. The summed E-state index contributed by atoms with van der Waals surface area (Å²) in [6.45, 7) is 6.81. The molecule has 1 fully saturated rings. The Kier molecular flexibility index (Phi) is 4.76. The van der Waals surface area contributed by atoms with E-state index in [2.05, 4.69) is 11.6 Å². The van der Waals surface area contributed by atoms with Crippen molar-refractivity contribution in [3.05, 3.63) is 58.6 Å². The molecule has 5 heteroatoms. The Labute approximate surface area is 140 Å². The van der Waals surface area contributed by atoms with Crippen LogP contribution in [0.1, 0.15) is 35.1 Å². The van der Waals surface area contributed by atoms with Gasteiger partial charge in [-0.15, -0.1) is 11.3 Å². The fourth-order valence-electron chi connectivity index (χ4n) is 2.30. The first-order valence-corrected chi connectivity index (χ1v) is 8.58. The molecule has 2 aromatic rings. The van der Waals surface area contributed by atoms with E-state index in [-0.39, 0.29) is 5.91 Å². The van der Waals surface area contributed by atoms with E-state index in [1.807, 2.05) is 41.5 Å². The molecule has 1 heterocycles. The van der Waals surface area contributed by atoms with Gasteiger partial charge in [0.1, 0.15) is 17.4 Å². The Morgan fingerprint density at radius 1 is 1.39 bits per heavy atom. The van der Waals surface area contributed by atoms with E-state index in [0.717, 1.165) is 29.2 Å². The number of thiazole rings is 1. The summed E-state index contributed by atoms with van der Waals surface area (Å²) in [7, 11) is 0. The number of aromatic nitrogens is 1. The molecule has 1 aliphatic carbocycles. The number of benzene rings is 1. The Morgan fingerprint density at radius 2 is 2.13 bits per heavy atom. The van der Waals surface area contributed by atoms with Gasteiger partial charge in [-0.25, -0.2) is 4.98 Å². The quantitative estimate of drug-likeness (QED) is 0.724. The second-order valence-corrected chi connectivity index (χ2v) is 6.84. The molecule has 0 saturated heterocycles. The summed E-state index contributed by atoms with van der Waals surface area (Å²) >= 11 is 1.59. The van der Waals surface area contributed by atoms with Crippen molar-refractivity contribution in [1.29, 1.82) is 0 Å². The van der Waals surface area contributed by atoms with Crippen LogP contribution in [0.15, 0.2) is 48.0 Å². The number of nitrogens with zero attached hydrogens (tertiary/aromatic N) is 2. The van der Waals surface area contributed by atoms with Gasteiger partial charge in [0.05, 0.1) is 6.54 Å². The highest BCUT2D eigenvalue weighted by atomic mass is 32.1. The molecular weight excluding hydrogens is 308 g/mol. The van der Waals surface area contributed by atoms with Crippen LogP contribution >= 0.6 is 11.3 Å². The predicted molar refractivity (Wildman–Crippen MR) is 91.8 cm³/mol. The first kappa shape index (κ1) is 15.7. The Bertz CT molecular complexity index is 676. The molecular formula is C18H20N2O2S. The van der Waals surface area contributed by atoms with Crippen molar-refractivity contribution in [2.75, 3.05) is 6.61 Å². The zero-order chi connectivity index (χ0) is 16.2. The first-order valence-electron chi connectivity index (χ1n) is 7.70. The number of hydrogen-bond donors (Lipinski definition) is 0. The van der Waals surface area contributed by atoms with Crippen LogP contribution in [0.25, 0.3) is 0 Å². The molecule has 0 unspecified atom stereocenters. The number of rotatable bonds is 7. The van der Waals surface area contributed by atoms with Crippen LogP contribution in [0, 0.1) is 0 Å². The molecule has 1 aromatic carbocycles. The molecule has 0 N–H and O–H groups in total. The molecule has 0 spiro atoms. The summed E-state index contributed by atoms with van der Waals surface area (Å²) in [5.74, 6) is 0.816. The van der Waals surface area contributed by atoms with Crippen molar-refractivity contribution in [2.24, 2.45) is 0 Å². The number of amides is 1. The highest BCUT2D eigenvalue weighted by molar-refractivity contribution is 7.09. The van der Waals surface area contributed by atoms with Gasteiger partial charge in [0.15, 0.2) is 0 Å². The average molecular weight is 328 g/mol. The van der Waals surface area contributed by atoms with Gasteiger partial charge in [-0.2, -0.15) is 0 Å². The van der Waals surface area contributed by atoms with Crippen molar-refractivity contribution in [2.45, 2.75) is 32.4 Å². The van der Waals surface area contributed by atoms with Crippen LogP contribution in [-0.4, -0.2) is 28.4 Å². The lowest BCUT2D eigenvalue weighted by Gasteiger charge is -2.21. The first-order chi connectivity index (χ1) is 11.1. The third-order valence-corrected chi connectivity index (χ3v) is 4.39. The molecule has 120 valence electrons. The van der Waals surface area contributed by atoms with Gasteiger partial charge in [-0.3, -0.25) is 4.79 Å². The van der Waals surface area contributed by atoms with E-state index in [4.69, 9.17) is 4.74 Å². The van der Waals surface area contributed by atoms with Crippen molar-refractivity contribution >= 4 is 17.2 Å². The molecule has 4 nitrogen and oxygen atoms in total. The summed E-state index contributed by atoms with van der Waals surface area (Å²) in [5, 5.41) is 2.92. The highest BCUT2D eigenvalue weighted by Gasteiger charge is 2.33. The van der Waals surface area contributed by atoms with E-state index in [0.29, 0.717) is 24.8 Å². The van der Waals surface area contributed by atoms with Gasteiger partial charge in [0.2, 0.25) is 0 Å². The normalized spacial score (nSPS) is 13.6. The summed E-state index contributed by atoms with van der Waals surface area (Å²) in [5.41, 5.74) is 1.66. The number of ether oxygens (including phenoxy) is 1. The van der Waals surface area contributed by atoms with Crippen LogP contribution in [0.5, 0.6) is 5.75 Å². The summed E-state index contributed by atoms with van der Waals surface area (Å²) in [6, 6.07) is 7.68. The summed E-state index contributed by atoms with van der Waals surface area (Å²) in [4.78, 5) is 19.0. The van der Waals surface area contributed by atoms with Crippen molar-refractivity contribution in [1.82, 2.24) is 9.88 Å². The molecule has 0 bridgehead atoms. The van der Waals surface area contributed by atoms with Crippen molar-refractivity contribution in [3.63, 3.8) is 0 Å². The lowest BCUT2D eigenvalue weighted by atomic mass is 10.2. The summed E-state index contributed by atoms with van der Waals surface area (Å²) in [6.07, 6.45) is 3.94. The summed E-state index contributed by atoms with van der Waals surface area (Å²) < 4.78 is 5.57. The van der Waals surface area contributed by atoms with Crippen molar-refractivity contribution in [3.8, 4) is 5.75 Å². The van der Waals surface area contributed by atoms with E-state index in [1.165, 1.54) is 0 Å². The molecule has 23 heavy (non-hydrogen) atoms. The SMILES string of the molecule is C=C(C)COc1ccc(C(=O)N(Cc2nccs2)C2CC2)cc1. The van der Waals surface area contributed by atoms with E-state index in [9.17, 15) is 4.79 Å². The fourth-order valence-corrected chi connectivity index (χ4v) is 2.91. The van der Waals surface area contributed by atoms with Gasteiger partial charge in [0, 0.05) is 23.2 Å². The van der Waals surface area contributed by atoms with Gasteiger partial charge >= 0.3 is 0 Å². The molecule has 1 aromatic heterocycles. The smallest absolute Gasteiger partial charge is 0.254 e. The van der Waals surface area contributed by atoms with E-state index < -0.39 is 0 Å². The minimum Gasteiger partial charge on any atom is -0.489 e. The van der Waals surface area contributed by atoms with Gasteiger partial charge in [0.25, 0.3) is 5.91 Å². The molecule has 1 amide bonds. The largest absolute Gasteiger partial charge is 0.489 e. The van der Waals surface area contributed by atoms with Gasteiger partial charge < -0.3 is 9.64 Å². The van der Waals surface area contributed by atoms with Crippen LogP contribution < -0.4 is 4.74 Å². The van der Waals surface area contributed by atoms with E-state index in [1.54, 1.807) is 17.5 Å². The second-order valence-electron chi connectivity index (χ2n) is 5.86. The highest BCUT2D eigenvalue weighted by Crippen LogP contribution is 2.30. The topological polar surface area (TPSA) is 42.4 Å². The fraction of sp³-hybridized carbons (Fsp3) is 0.333. The van der Waals surface area contributed by atoms with Crippen LogP contribution in [0.3, 0.4) is 0 Å². The Hall–Kier alpha value is -2.14. The van der Waals surface area contributed by atoms with E-state index >= 15 is 0 Å². The number of carbonyl (C=O) groups is 1. The van der Waals surface area contributed by atoms with Gasteiger partial charge in [-0.05, 0) is 49.6 Å². The molecule has 3 rings (SSSR count). The number of hydrogen-bond acceptors (Lipinski definition) is 4. The molecule has 1 aliphatic rings. The van der Waals surface area contributed by atoms with Gasteiger partial charge in [-0.1, -0.05) is 6.58 Å². The minimum atomic E-state index is 0.0640. The standard InChI is InChI=1S/C18H20N2O2S/c1-13(2)12-22-16-7-3-14(4-8-16)18(21)20(15-5-6-15)11-17-19-9-10-23-17/h3-4,7-10,15H,1,5-6,11-12H2,2H3. The maximum Gasteiger partial charge on any atom is 0.254 e. The Morgan fingerprint density at radius 3 is 2.70 bits per heavy atom.